The number of nitrogens with two attached hydrogens (primary N) is 1. The van der Waals surface area contributed by atoms with E-state index in [1.165, 1.54) is 0 Å². The molecule has 19 heavy (non-hydrogen) atoms. The molecule has 94 valence electrons. The Morgan fingerprint density at radius 1 is 1.21 bits per heavy atom. The number of imidazole rings is 1. The average Bonchev–Trinajstić information content (AvgIpc) is 2.90. The van der Waals surface area contributed by atoms with Crippen LogP contribution in [0.2, 0.25) is 0 Å². The van der Waals surface area contributed by atoms with Crippen molar-refractivity contribution in [2.24, 2.45) is 5.84 Å². The molecule has 1 aromatic carbocycles. The van der Waals surface area contributed by atoms with Crippen molar-refractivity contribution in [3.63, 3.8) is 0 Å². The SMILES string of the molecule is NNC(=O)c1ccc(-c2nc3ncccc3[nH]2)cc1. The fourth-order valence-electron chi connectivity index (χ4n) is 1.84. The van der Waals surface area contributed by atoms with Crippen molar-refractivity contribution in [2.75, 3.05) is 0 Å². The summed E-state index contributed by atoms with van der Waals surface area (Å²) >= 11 is 0. The Morgan fingerprint density at radius 3 is 2.68 bits per heavy atom. The maximum absolute atomic E-state index is 11.3. The molecule has 6 nitrogen and oxygen atoms in total. The Morgan fingerprint density at radius 2 is 2.00 bits per heavy atom. The highest BCUT2D eigenvalue weighted by Gasteiger charge is 2.07. The molecule has 0 saturated carbocycles. The summed E-state index contributed by atoms with van der Waals surface area (Å²) in [6.45, 7) is 0. The number of carbonyl (C=O) groups is 1. The summed E-state index contributed by atoms with van der Waals surface area (Å²) in [5.74, 6) is 5.47. The highest BCUT2D eigenvalue weighted by molar-refractivity contribution is 5.94. The van der Waals surface area contributed by atoms with Gasteiger partial charge in [0.05, 0.1) is 5.52 Å². The second-order valence-electron chi connectivity index (χ2n) is 4.01. The van der Waals surface area contributed by atoms with Gasteiger partial charge in [-0.05, 0) is 24.3 Å². The Balaban J connectivity index is 1.99. The Bertz CT molecular complexity index is 699. The lowest BCUT2D eigenvalue weighted by molar-refractivity contribution is 0.0953. The molecule has 0 fully saturated rings. The second kappa shape index (κ2) is 4.51. The number of aromatic amines is 1. The van der Waals surface area contributed by atoms with Gasteiger partial charge in [0, 0.05) is 17.3 Å². The standard InChI is InChI=1S/C13H11N5O/c14-18-13(19)9-5-3-8(4-6-9)11-16-10-2-1-7-15-12(10)17-11/h1-7H,14H2,(H,18,19)(H,15,16,17). The van der Waals surface area contributed by atoms with Gasteiger partial charge in [0.25, 0.3) is 5.91 Å². The number of hydrogen-bond acceptors (Lipinski definition) is 4. The van der Waals surface area contributed by atoms with Crippen molar-refractivity contribution in [2.45, 2.75) is 0 Å². The summed E-state index contributed by atoms with van der Waals surface area (Å²) < 4.78 is 0. The third-order valence-corrected chi connectivity index (χ3v) is 2.81. The van der Waals surface area contributed by atoms with Gasteiger partial charge in [-0.2, -0.15) is 0 Å². The number of fused-ring (bicyclic) bond motifs is 1. The van der Waals surface area contributed by atoms with Crippen LogP contribution in [-0.2, 0) is 0 Å². The first-order chi connectivity index (χ1) is 9.28. The maximum atomic E-state index is 11.3. The minimum Gasteiger partial charge on any atom is -0.337 e. The van der Waals surface area contributed by atoms with E-state index in [2.05, 4.69) is 20.4 Å². The van der Waals surface area contributed by atoms with Gasteiger partial charge in [0.2, 0.25) is 0 Å². The number of carbonyl (C=O) groups excluding carboxylic acids is 1. The Kier molecular flexibility index (Phi) is 2.70. The van der Waals surface area contributed by atoms with Crippen LogP contribution >= 0.6 is 0 Å². The average molecular weight is 253 g/mol. The van der Waals surface area contributed by atoms with E-state index in [0.29, 0.717) is 17.0 Å². The zero-order valence-electron chi connectivity index (χ0n) is 9.92. The van der Waals surface area contributed by atoms with E-state index in [0.717, 1.165) is 11.1 Å². The first kappa shape index (κ1) is 11.4. The van der Waals surface area contributed by atoms with Crippen LogP contribution in [0.3, 0.4) is 0 Å². The summed E-state index contributed by atoms with van der Waals surface area (Å²) in [5.41, 5.74) is 5.02. The highest BCUT2D eigenvalue weighted by atomic mass is 16.2. The number of nitrogens with one attached hydrogen (secondary N) is 2. The van der Waals surface area contributed by atoms with Gasteiger partial charge in [0.1, 0.15) is 5.82 Å². The van der Waals surface area contributed by atoms with Crippen LogP contribution in [0, 0.1) is 0 Å². The molecular weight excluding hydrogens is 242 g/mol. The van der Waals surface area contributed by atoms with Crippen LogP contribution in [0.1, 0.15) is 10.4 Å². The number of hydrazine groups is 1. The monoisotopic (exact) mass is 253 g/mol. The quantitative estimate of drug-likeness (QED) is 0.363. The highest BCUT2D eigenvalue weighted by Crippen LogP contribution is 2.19. The molecule has 0 radical (unpaired) electrons. The molecule has 0 saturated heterocycles. The maximum Gasteiger partial charge on any atom is 0.265 e. The van der Waals surface area contributed by atoms with Gasteiger partial charge in [0.15, 0.2) is 5.65 Å². The van der Waals surface area contributed by atoms with Crippen molar-refractivity contribution >= 4 is 17.1 Å². The molecule has 0 atom stereocenters. The molecule has 0 spiro atoms. The predicted molar refractivity (Wildman–Crippen MR) is 71.0 cm³/mol. The van der Waals surface area contributed by atoms with Crippen LogP contribution < -0.4 is 11.3 Å². The lowest BCUT2D eigenvalue weighted by atomic mass is 10.1. The summed E-state index contributed by atoms with van der Waals surface area (Å²) in [5, 5.41) is 0. The lowest BCUT2D eigenvalue weighted by Gasteiger charge is -2.00. The minimum atomic E-state index is -0.321. The van der Waals surface area contributed by atoms with E-state index in [1.54, 1.807) is 18.3 Å². The first-order valence-electron chi connectivity index (χ1n) is 5.70. The molecular formula is C13H11N5O. The lowest BCUT2D eigenvalue weighted by Crippen LogP contribution is -2.29. The predicted octanol–water partition coefficient (Wildman–Crippen LogP) is 1.23. The number of hydrogen-bond donors (Lipinski definition) is 3. The molecule has 0 aliphatic heterocycles. The Hall–Kier alpha value is -2.73. The normalized spacial score (nSPS) is 10.6. The molecule has 0 unspecified atom stereocenters. The number of H-pyrrole nitrogens is 1. The molecule has 0 bridgehead atoms. The van der Waals surface area contributed by atoms with Crippen LogP contribution in [0.4, 0.5) is 0 Å². The fraction of sp³-hybridized carbons (Fsp3) is 0. The number of nitrogens with zero attached hydrogens (tertiary/aromatic N) is 2. The van der Waals surface area contributed by atoms with Crippen LogP contribution in [0.5, 0.6) is 0 Å². The molecule has 0 aliphatic carbocycles. The first-order valence-corrected chi connectivity index (χ1v) is 5.70. The van der Waals surface area contributed by atoms with E-state index < -0.39 is 0 Å². The van der Waals surface area contributed by atoms with Crippen LogP contribution in [-0.4, -0.2) is 20.9 Å². The smallest absolute Gasteiger partial charge is 0.265 e. The number of pyridine rings is 1. The molecule has 1 amide bonds. The third-order valence-electron chi connectivity index (χ3n) is 2.81. The summed E-state index contributed by atoms with van der Waals surface area (Å²) in [4.78, 5) is 23.1. The zero-order chi connectivity index (χ0) is 13.2. The van der Waals surface area contributed by atoms with Crippen molar-refractivity contribution < 1.29 is 4.79 Å². The number of aromatic nitrogens is 3. The van der Waals surface area contributed by atoms with Crippen molar-refractivity contribution in [3.05, 3.63) is 48.2 Å². The minimum absolute atomic E-state index is 0.321. The summed E-state index contributed by atoms with van der Waals surface area (Å²) in [6, 6.07) is 10.8. The molecule has 2 aromatic heterocycles. The van der Waals surface area contributed by atoms with E-state index in [-0.39, 0.29) is 5.91 Å². The number of benzene rings is 1. The van der Waals surface area contributed by atoms with Gasteiger partial charge < -0.3 is 4.98 Å². The Labute approximate surface area is 108 Å². The topological polar surface area (TPSA) is 96.7 Å². The van der Waals surface area contributed by atoms with Gasteiger partial charge in [-0.1, -0.05) is 12.1 Å². The van der Waals surface area contributed by atoms with Crippen molar-refractivity contribution in [1.29, 1.82) is 0 Å². The van der Waals surface area contributed by atoms with E-state index in [1.807, 2.05) is 24.3 Å². The molecule has 3 rings (SSSR count). The van der Waals surface area contributed by atoms with Crippen LogP contribution in [0.15, 0.2) is 42.6 Å². The molecule has 4 N–H and O–H groups in total. The van der Waals surface area contributed by atoms with E-state index in [9.17, 15) is 4.79 Å². The summed E-state index contributed by atoms with van der Waals surface area (Å²) in [6.07, 6.45) is 1.70. The van der Waals surface area contributed by atoms with Crippen molar-refractivity contribution in [3.8, 4) is 11.4 Å². The van der Waals surface area contributed by atoms with Gasteiger partial charge >= 0.3 is 0 Å². The van der Waals surface area contributed by atoms with E-state index >= 15 is 0 Å². The third kappa shape index (κ3) is 2.04. The number of amides is 1. The molecule has 6 heteroatoms. The molecule has 3 aromatic rings. The van der Waals surface area contributed by atoms with Crippen molar-refractivity contribution in [1.82, 2.24) is 20.4 Å². The van der Waals surface area contributed by atoms with Gasteiger partial charge in [-0.25, -0.2) is 15.8 Å². The number of rotatable bonds is 2. The summed E-state index contributed by atoms with van der Waals surface area (Å²) in [7, 11) is 0. The van der Waals surface area contributed by atoms with Gasteiger partial charge in [-0.3, -0.25) is 10.2 Å². The number of nitrogen functional groups attached to an aromatic ring is 1. The van der Waals surface area contributed by atoms with Crippen LogP contribution in [0.25, 0.3) is 22.6 Å². The fourth-order valence-corrected chi connectivity index (χ4v) is 1.84. The molecule has 2 heterocycles. The molecule has 0 aliphatic rings. The largest absolute Gasteiger partial charge is 0.337 e. The van der Waals surface area contributed by atoms with Gasteiger partial charge in [-0.15, -0.1) is 0 Å². The second-order valence-corrected chi connectivity index (χ2v) is 4.01. The zero-order valence-corrected chi connectivity index (χ0v) is 9.92. The van der Waals surface area contributed by atoms with E-state index in [4.69, 9.17) is 5.84 Å².